The van der Waals surface area contributed by atoms with Gasteiger partial charge in [-0.2, -0.15) is 0 Å². The van der Waals surface area contributed by atoms with Crippen molar-refractivity contribution in [3.05, 3.63) is 233 Å². The van der Waals surface area contributed by atoms with E-state index in [9.17, 15) is 0 Å². The van der Waals surface area contributed by atoms with Crippen LogP contribution in [0.4, 0.5) is 0 Å². The highest BCUT2D eigenvalue weighted by Crippen LogP contribution is 2.61. The highest BCUT2D eigenvalue weighted by molar-refractivity contribution is 6.09. The zero-order chi connectivity index (χ0) is 37.5. The molecule has 1 heterocycles. The molecule has 0 N–H and O–H groups in total. The summed E-state index contributed by atoms with van der Waals surface area (Å²) in [6.45, 7) is 0. The van der Waals surface area contributed by atoms with Crippen molar-refractivity contribution >= 4 is 44.0 Å². The number of pyridine rings is 1. The van der Waals surface area contributed by atoms with Crippen molar-refractivity contribution in [1.82, 2.24) is 4.98 Å². The highest BCUT2D eigenvalue weighted by atomic mass is 14.7. The van der Waals surface area contributed by atoms with Gasteiger partial charge in [0, 0.05) is 11.8 Å². The summed E-state index contributed by atoms with van der Waals surface area (Å²) in [6, 6.07) is 61.2. The summed E-state index contributed by atoms with van der Waals surface area (Å²) in [7, 11) is 0. The van der Waals surface area contributed by atoms with Crippen LogP contribution in [0.5, 0.6) is 0 Å². The Morgan fingerprint density at radius 1 is 0.439 bits per heavy atom. The lowest BCUT2D eigenvalue weighted by Gasteiger charge is -2.39. The maximum Gasteiger partial charge on any atom is 0.0753 e. The summed E-state index contributed by atoms with van der Waals surface area (Å²) >= 11 is 0. The van der Waals surface area contributed by atoms with Gasteiger partial charge >= 0.3 is 0 Å². The zero-order valence-corrected chi connectivity index (χ0v) is 31.4. The molecule has 57 heavy (non-hydrogen) atoms. The van der Waals surface area contributed by atoms with Crippen molar-refractivity contribution in [2.45, 2.75) is 18.3 Å². The third kappa shape index (κ3) is 4.60. The second kappa shape index (κ2) is 12.5. The standard InChI is InChI=1S/C56H37N/c1-2-4-17-39-34-48(44-23-8-7-22-43(44)47(39)33-38(16-3-1)42-25-11-18-36-15-5-6-21-41(36)42)40-30-31-51-49(35-40)55-53(29-14-32-57-55)56(51)50-27-10-9-24-45(50)46-26-12-19-37-20-13-28-52(56)54(37)46/h1-15,18-35H,16-17H2/b3-1-,4-2-,38-33+. The fraction of sp³-hybridized carbons (Fsp3) is 0.0536. The average Bonchev–Trinajstić information content (AvgIpc) is 3.56. The van der Waals surface area contributed by atoms with E-state index in [1.54, 1.807) is 0 Å². The Hall–Kier alpha value is -7.09. The Morgan fingerprint density at radius 3 is 2.02 bits per heavy atom. The molecular formula is C56H37N. The lowest BCUT2D eigenvalue weighted by molar-refractivity contribution is 0.771. The van der Waals surface area contributed by atoms with E-state index in [4.69, 9.17) is 4.98 Å². The van der Waals surface area contributed by atoms with E-state index in [1.807, 2.05) is 6.20 Å². The van der Waals surface area contributed by atoms with Gasteiger partial charge in [0.2, 0.25) is 0 Å². The molecule has 1 spiro atoms. The molecule has 1 nitrogen and oxygen atoms in total. The van der Waals surface area contributed by atoms with Gasteiger partial charge in [0.05, 0.1) is 11.1 Å². The van der Waals surface area contributed by atoms with Gasteiger partial charge in [0.25, 0.3) is 0 Å². The Kier molecular flexibility index (Phi) is 7.04. The molecule has 0 aliphatic heterocycles. The molecule has 266 valence electrons. The second-order valence-corrected chi connectivity index (χ2v) is 15.7. The van der Waals surface area contributed by atoms with E-state index in [2.05, 4.69) is 194 Å². The van der Waals surface area contributed by atoms with Crippen LogP contribution in [0.3, 0.4) is 0 Å². The quantitative estimate of drug-likeness (QED) is 0.173. The number of hydrogen-bond acceptors (Lipinski definition) is 1. The monoisotopic (exact) mass is 723 g/mol. The lowest BCUT2D eigenvalue weighted by atomic mass is 9.61. The molecule has 12 rings (SSSR count). The number of aromatic nitrogens is 1. The first-order valence-electron chi connectivity index (χ1n) is 20.1. The Labute approximate surface area is 332 Å². The summed E-state index contributed by atoms with van der Waals surface area (Å²) in [5.74, 6) is 0. The maximum atomic E-state index is 5.19. The van der Waals surface area contributed by atoms with Gasteiger partial charge in [0.1, 0.15) is 0 Å². The molecule has 9 aromatic rings. The van der Waals surface area contributed by atoms with Crippen LogP contribution in [0, 0.1) is 0 Å². The summed E-state index contributed by atoms with van der Waals surface area (Å²) < 4.78 is 0. The van der Waals surface area contributed by atoms with Crippen LogP contribution in [0.1, 0.15) is 45.4 Å². The van der Waals surface area contributed by atoms with E-state index in [0.717, 1.165) is 18.5 Å². The smallest absolute Gasteiger partial charge is 0.0753 e. The molecule has 0 saturated carbocycles. The van der Waals surface area contributed by atoms with Crippen molar-refractivity contribution < 1.29 is 0 Å². The molecule has 0 amide bonds. The fourth-order valence-corrected chi connectivity index (χ4v) is 10.5. The van der Waals surface area contributed by atoms with Crippen LogP contribution in [-0.4, -0.2) is 4.98 Å². The van der Waals surface area contributed by atoms with E-state index < -0.39 is 5.41 Å². The van der Waals surface area contributed by atoms with Crippen LogP contribution >= 0.6 is 0 Å². The minimum atomic E-state index is -0.478. The van der Waals surface area contributed by atoms with Crippen molar-refractivity contribution in [2.24, 2.45) is 0 Å². The second-order valence-electron chi connectivity index (χ2n) is 15.7. The van der Waals surface area contributed by atoms with Crippen LogP contribution < -0.4 is 0 Å². The molecule has 0 fully saturated rings. The SMILES string of the molecule is C1=C\C/C(c2cccc3ccccc23)=C\c2c(cc(-c3ccc4c(c3)-c3ncccc3C43c4ccccc4-c4cccc5cccc3c45)c3ccccc23)C\C=C/1. The molecule has 3 aliphatic rings. The lowest BCUT2D eigenvalue weighted by Crippen LogP contribution is -2.31. The molecule has 8 aromatic carbocycles. The first kappa shape index (κ1) is 32.2. The summed E-state index contributed by atoms with van der Waals surface area (Å²) in [5, 5.41) is 7.71. The number of benzene rings is 8. The third-order valence-corrected chi connectivity index (χ3v) is 12.8. The van der Waals surface area contributed by atoms with E-state index in [0.29, 0.717) is 0 Å². The molecule has 0 bridgehead atoms. The molecule has 3 aliphatic carbocycles. The van der Waals surface area contributed by atoms with Crippen molar-refractivity contribution in [3.8, 4) is 33.5 Å². The molecule has 1 heteroatoms. The maximum absolute atomic E-state index is 5.19. The molecule has 1 unspecified atom stereocenters. The topological polar surface area (TPSA) is 12.9 Å². The molecular weight excluding hydrogens is 687 g/mol. The van der Waals surface area contributed by atoms with Gasteiger partial charge in [-0.15, -0.1) is 0 Å². The molecule has 0 radical (unpaired) electrons. The van der Waals surface area contributed by atoms with Crippen LogP contribution in [0.15, 0.2) is 194 Å². The van der Waals surface area contributed by atoms with Gasteiger partial charge in [-0.25, -0.2) is 0 Å². The Balaban J connectivity index is 1.10. The first-order valence-corrected chi connectivity index (χ1v) is 20.1. The third-order valence-electron chi connectivity index (χ3n) is 12.8. The normalized spacial score (nSPS) is 18.4. The molecule has 0 saturated heterocycles. The summed E-state index contributed by atoms with van der Waals surface area (Å²) in [4.78, 5) is 5.19. The van der Waals surface area contributed by atoms with E-state index in [-0.39, 0.29) is 0 Å². The largest absolute Gasteiger partial charge is 0.256 e. The number of allylic oxidation sites excluding steroid dienone is 5. The Morgan fingerprint density at radius 2 is 1.11 bits per heavy atom. The predicted octanol–water partition coefficient (Wildman–Crippen LogP) is 14.2. The first-order chi connectivity index (χ1) is 28.3. The highest BCUT2D eigenvalue weighted by Gasteiger charge is 2.50. The predicted molar refractivity (Wildman–Crippen MR) is 239 cm³/mol. The van der Waals surface area contributed by atoms with Crippen LogP contribution in [0.2, 0.25) is 0 Å². The summed E-state index contributed by atoms with van der Waals surface area (Å²) in [5.41, 5.74) is 17.3. The number of hydrogen-bond donors (Lipinski definition) is 0. The number of nitrogens with zero attached hydrogens (tertiary/aromatic N) is 1. The minimum Gasteiger partial charge on any atom is -0.256 e. The average molecular weight is 724 g/mol. The van der Waals surface area contributed by atoms with Gasteiger partial charge < -0.3 is 0 Å². The van der Waals surface area contributed by atoms with Crippen LogP contribution in [-0.2, 0) is 11.8 Å². The Bertz CT molecular complexity index is 3240. The van der Waals surface area contributed by atoms with E-state index >= 15 is 0 Å². The number of rotatable bonds is 2. The van der Waals surface area contributed by atoms with Crippen molar-refractivity contribution in [2.75, 3.05) is 0 Å². The van der Waals surface area contributed by atoms with Crippen LogP contribution in [0.25, 0.3) is 77.5 Å². The van der Waals surface area contributed by atoms with Crippen molar-refractivity contribution in [3.63, 3.8) is 0 Å². The van der Waals surface area contributed by atoms with E-state index in [1.165, 1.54) is 105 Å². The summed E-state index contributed by atoms with van der Waals surface area (Å²) in [6.07, 6.45) is 15.1. The van der Waals surface area contributed by atoms with Gasteiger partial charge in [0.15, 0.2) is 0 Å². The number of fused-ring (bicyclic) bond motifs is 13. The van der Waals surface area contributed by atoms with Gasteiger partial charge in [-0.1, -0.05) is 170 Å². The zero-order valence-electron chi connectivity index (χ0n) is 31.4. The van der Waals surface area contributed by atoms with Gasteiger partial charge in [-0.05, 0) is 136 Å². The molecule has 1 atom stereocenters. The minimum absolute atomic E-state index is 0.478. The fourth-order valence-electron chi connectivity index (χ4n) is 10.5. The van der Waals surface area contributed by atoms with Crippen molar-refractivity contribution in [1.29, 1.82) is 0 Å². The van der Waals surface area contributed by atoms with Gasteiger partial charge in [-0.3, -0.25) is 4.98 Å². The molecule has 1 aromatic heterocycles.